The Morgan fingerprint density at radius 2 is 2.11 bits per heavy atom. The van der Waals surface area contributed by atoms with Crippen LogP contribution in [-0.2, 0) is 6.54 Å². The van der Waals surface area contributed by atoms with Gasteiger partial charge in [-0.25, -0.2) is 4.39 Å². The Morgan fingerprint density at radius 1 is 1.28 bits per heavy atom. The Bertz CT molecular complexity index is 543. The highest BCUT2D eigenvalue weighted by Crippen LogP contribution is 2.25. The van der Waals surface area contributed by atoms with Gasteiger partial charge in [0.1, 0.15) is 11.6 Å². The van der Waals surface area contributed by atoms with E-state index in [0.717, 1.165) is 16.8 Å². The maximum absolute atomic E-state index is 13.0. The number of ether oxygens (including phenoxy) is 1. The molecule has 4 heteroatoms. The number of aromatic nitrogens is 1. The Hall–Kier alpha value is -2.10. The minimum absolute atomic E-state index is 0.311. The van der Waals surface area contributed by atoms with E-state index in [0.29, 0.717) is 12.3 Å². The van der Waals surface area contributed by atoms with E-state index >= 15 is 0 Å². The smallest absolute Gasteiger partial charge is 0.144 e. The second-order valence-electron chi connectivity index (χ2n) is 4.07. The summed E-state index contributed by atoms with van der Waals surface area (Å²) in [5.74, 6) is 0.185. The van der Waals surface area contributed by atoms with Gasteiger partial charge in [0.05, 0.1) is 12.8 Å². The van der Waals surface area contributed by atoms with E-state index in [1.807, 2.05) is 13.1 Å². The highest BCUT2D eigenvalue weighted by Gasteiger charge is 2.04. The molecule has 18 heavy (non-hydrogen) atoms. The molecule has 1 aromatic carbocycles. The van der Waals surface area contributed by atoms with Crippen molar-refractivity contribution >= 4 is 5.69 Å². The molecule has 0 saturated carbocycles. The second kappa shape index (κ2) is 5.49. The number of nitrogens with zero attached hydrogens (tertiary/aromatic N) is 1. The first-order valence-electron chi connectivity index (χ1n) is 5.67. The average molecular weight is 246 g/mol. The number of halogens is 1. The third kappa shape index (κ3) is 2.97. The lowest BCUT2D eigenvalue weighted by Gasteiger charge is -2.11. The summed E-state index contributed by atoms with van der Waals surface area (Å²) in [6.45, 7) is 2.62. The van der Waals surface area contributed by atoms with Gasteiger partial charge in [0.15, 0.2) is 0 Å². The summed E-state index contributed by atoms with van der Waals surface area (Å²) in [5.41, 5.74) is 2.95. The van der Waals surface area contributed by atoms with Crippen LogP contribution in [-0.4, -0.2) is 12.1 Å². The van der Waals surface area contributed by atoms with Crippen molar-refractivity contribution in [2.75, 3.05) is 12.4 Å². The van der Waals surface area contributed by atoms with Crippen LogP contribution in [0.3, 0.4) is 0 Å². The number of pyridine rings is 1. The third-order valence-corrected chi connectivity index (χ3v) is 2.58. The summed E-state index contributed by atoms with van der Waals surface area (Å²) in [6.07, 6.45) is 3.61. The summed E-state index contributed by atoms with van der Waals surface area (Å²) < 4.78 is 18.2. The van der Waals surface area contributed by atoms with Gasteiger partial charge in [-0.1, -0.05) is 6.07 Å². The van der Waals surface area contributed by atoms with Crippen LogP contribution in [0.4, 0.5) is 10.1 Å². The SMILES string of the molecule is COc1cc(F)ccc1NCc1cncc(C)c1. The van der Waals surface area contributed by atoms with Crippen LogP contribution in [0.15, 0.2) is 36.7 Å². The second-order valence-corrected chi connectivity index (χ2v) is 4.07. The van der Waals surface area contributed by atoms with E-state index in [1.165, 1.54) is 19.2 Å². The maximum Gasteiger partial charge on any atom is 0.144 e. The Morgan fingerprint density at radius 3 is 2.83 bits per heavy atom. The molecule has 0 saturated heterocycles. The lowest BCUT2D eigenvalue weighted by molar-refractivity contribution is 0.413. The molecule has 0 fully saturated rings. The number of nitrogens with one attached hydrogen (secondary N) is 1. The van der Waals surface area contributed by atoms with Crippen molar-refractivity contribution in [3.8, 4) is 5.75 Å². The highest BCUT2D eigenvalue weighted by atomic mass is 19.1. The minimum atomic E-state index is -0.311. The molecule has 0 aliphatic rings. The molecule has 0 aliphatic carbocycles. The number of hydrogen-bond acceptors (Lipinski definition) is 3. The predicted octanol–water partition coefficient (Wildman–Crippen LogP) is 3.15. The molecular weight excluding hydrogens is 231 g/mol. The Balaban J connectivity index is 2.10. The van der Waals surface area contributed by atoms with Gasteiger partial charge in [0.25, 0.3) is 0 Å². The van der Waals surface area contributed by atoms with Gasteiger partial charge < -0.3 is 10.1 Å². The molecule has 0 radical (unpaired) electrons. The maximum atomic E-state index is 13.0. The highest BCUT2D eigenvalue weighted by molar-refractivity contribution is 5.56. The standard InChI is InChI=1S/C14H15FN2O/c1-10-5-11(8-16-7-10)9-17-13-4-3-12(15)6-14(13)18-2/h3-8,17H,9H2,1-2H3. The molecule has 0 atom stereocenters. The molecular formula is C14H15FN2O. The molecule has 0 bridgehead atoms. The molecule has 0 unspecified atom stereocenters. The minimum Gasteiger partial charge on any atom is -0.494 e. The molecule has 2 rings (SSSR count). The van der Waals surface area contributed by atoms with E-state index in [2.05, 4.69) is 16.4 Å². The van der Waals surface area contributed by atoms with Crippen molar-refractivity contribution in [2.24, 2.45) is 0 Å². The predicted molar refractivity (Wildman–Crippen MR) is 69.3 cm³/mol. The van der Waals surface area contributed by atoms with Crippen molar-refractivity contribution in [2.45, 2.75) is 13.5 Å². The van der Waals surface area contributed by atoms with Gasteiger partial charge >= 0.3 is 0 Å². The average Bonchev–Trinajstić information content (AvgIpc) is 2.37. The van der Waals surface area contributed by atoms with Crippen molar-refractivity contribution in [3.05, 3.63) is 53.6 Å². The van der Waals surface area contributed by atoms with Crippen LogP contribution in [0.1, 0.15) is 11.1 Å². The third-order valence-electron chi connectivity index (χ3n) is 2.58. The normalized spacial score (nSPS) is 10.2. The van der Waals surface area contributed by atoms with E-state index in [-0.39, 0.29) is 5.82 Å². The summed E-state index contributed by atoms with van der Waals surface area (Å²) in [4.78, 5) is 4.12. The molecule has 0 aliphatic heterocycles. The van der Waals surface area contributed by atoms with Gasteiger partial charge in [0.2, 0.25) is 0 Å². The van der Waals surface area contributed by atoms with Gasteiger partial charge in [-0.15, -0.1) is 0 Å². The Labute approximate surface area is 106 Å². The zero-order valence-electron chi connectivity index (χ0n) is 10.4. The van der Waals surface area contributed by atoms with E-state index in [4.69, 9.17) is 4.74 Å². The molecule has 1 N–H and O–H groups in total. The molecule has 0 spiro atoms. The van der Waals surface area contributed by atoms with Crippen LogP contribution in [0.2, 0.25) is 0 Å². The quantitative estimate of drug-likeness (QED) is 0.899. The van der Waals surface area contributed by atoms with E-state index < -0.39 is 0 Å². The lowest BCUT2D eigenvalue weighted by Crippen LogP contribution is -2.02. The monoisotopic (exact) mass is 246 g/mol. The van der Waals surface area contributed by atoms with Gasteiger partial charge in [-0.3, -0.25) is 4.98 Å². The number of methoxy groups -OCH3 is 1. The largest absolute Gasteiger partial charge is 0.494 e. The van der Waals surface area contributed by atoms with Gasteiger partial charge in [-0.2, -0.15) is 0 Å². The van der Waals surface area contributed by atoms with Crippen LogP contribution < -0.4 is 10.1 Å². The van der Waals surface area contributed by atoms with Crippen LogP contribution in [0.5, 0.6) is 5.75 Å². The topological polar surface area (TPSA) is 34.1 Å². The van der Waals surface area contributed by atoms with Crippen molar-refractivity contribution in [1.29, 1.82) is 0 Å². The summed E-state index contributed by atoms with van der Waals surface area (Å²) in [6, 6.07) is 6.48. The van der Waals surface area contributed by atoms with E-state index in [9.17, 15) is 4.39 Å². The molecule has 94 valence electrons. The molecule has 1 aromatic heterocycles. The summed E-state index contributed by atoms with van der Waals surface area (Å²) in [7, 11) is 1.52. The molecule has 1 heterocycles. The summed E-state index contributed by atoms with van der Waals surface area (Å²) in [5, 5.41) is 3.20. The fraction of sp³-hybridized carbons (Fsp3) is 0.214. The number of anilines is 1. The van der Waals surface area contributed by atoms with Crippen LogP contribution in [0.25, 0.3) is 0 Å². The fourth-order valence-corrected chi connectivity index (χ4v) is 1.72. The Kier molecular flexibility index (Phi) is 3.77. The molecule has 2 aromatic rings. The first-order valence-corrected chi connectivity index (χ1v) is 5.67. The number of rotatable bonds is 4. The first-order chi connectivity index (χ1) is 8.69. The van der Waals surface area contributed by atoms with Gasteiger partial charge in [0, 0.05) is 25.0 Å². The molecule has 3 nitrogen and oxygen atoms in total. The fourth-order valence-electron chi connectivity index (χ4n) is 1.72. The van der Waals surface area contributed by atoms with Crippen molar-refractivity contribution < 1.29 is 9.13 Å². The number of aryl methyl sites for hydroxylation is 1. The zero-order valence-corrected chi connectivity index (χ0v) is 10.4. The van der Waals surface area contributed by atoms with Crippen molar-refractivity contribution in [3.63, 3.8) is 0 Å². The summed E-state index contributed by atoms with van der Waals surface area (Å²) >= 11 is 0. The molecule has 0 amide bonds. The zero-order chi connectivity index (χ0) is 13.0. The van der Waals surface area contributed by atoms with Crippen LogP contribution in [0, 0.1) is 12.7 Å². The van der Waals surface area contributed by atoms with Crippen LogP contribution >= 0.6 is 0 Å². The lowest BCUT2D eigenvalue weighted by atomic mass is 10.2. The number of benzene rings is 1. The van der Waals surface area contributed by atoms with E-state index in [1.54, 1.807) is 12.3 Å². The van der Waals surface area contributed by atoms with Gasteiger partial charge in [-0.05, 0) is 30.2 Å². The number of hydrogen-bond donors (Lipinski definition) is 1. The van der Waals surface area contributed by atoms with Crippen molar-refractivity contribution in [1.82, 2.24) is 4.98 Å². The first kappa shape index (κ1) is 12.4.